The topological polar surface area (TPSA) is 19.0 Å². The minimum absolute atomic E-state index is 0.541. The molecule has 0 amide bonds. The van der Waals surface area contributed by atoms with Crippen LogP contribution in [0.4, 0.5) is 5.69 Å². The van der Waals surface area contributed by atoms with Crippen LogP contribution in [-0.2, 0) is 4.74 Å². The zero-order chi connectivity index (χ0) is 18.7. The van der Waals surface area contributed by atoms with Crippen LogP contribution in [0.25, 0.3) is 0 Å². The highest BCUT2D eigenvalue weighted by Gasteiger charge is 2.43. The Morgan fingerprint density at radius 1 is 1.04 bits per heavy atom. The Kier molecular flexibility index (Phi) is 6.28. The Morgan fingerprint density at radius 2 is 1.81 bits per heavy atom. The fourth-order valence-electron chi connectivity index (χ4n) is 5.48. The molecule has 3 heterocycles. The SMILES string of the molecule is COCCN1CCCC2(CCN(C3CCN(c4ccc(Cl)cc4)CC3)C2)C1. The number of hydrogen-bond donors (Lipinski definition) is 0. The summed E-state index contributed by atoms with van der Waals surface area (Å²) in [7, 11) is 1.81. The third-order valence-electron chi connectivity index (χ3n) is 6.99. The van der Waals surface area contributed by atoms with Gasteiger partial charge in [0.15, 0.2) is 0 Å². The van der Waals surface area contributed by atoms with Gasteiger partial charge in [-0.15, -0.1) is 0 Å². The zero-order valence-corrected chi connectivity index (χ0v) is 17.5. The fourth-order valence-corrected chi connectivity index (χ4v) is 5.60. The van der Waals surface area contributed by atoms with Gasteiger partial charge in [-0.1, -0.05) is 11.6 Å². The van der Waals surface area contributed by atoms with Crippen LogP contribution in [0.15, 0.2) is 24.3 Å². The molecule has 0 saturated carbocycles. The first-order valence-corrected chi connectivity index (χ1v) is 11.0. The van der Waals surface area contributed by atoms with Gasteiger partial charge in [-0.25, -0.2) is 0 Å². The molecule has 4 nitrogen and oxygen atoms in total. The van der Waals surface area contributed by atoms with E-state index in [0.717, 1.165) is 37.3 Å². The molecule has 0 aromatic heterocycles. The summed E-state index contributed by atoms with van der Waals surface area (Å²) >= 11 is 6.03. The Labute approximate surface area is 169 Å². The number of nitrogens with zero attached hydrogens (tertiary/aromatic N) is 3. The van der Waals surface area contributed by atoms with E-state index in [-0.39, 0.29) is 0 Å². The lowest BCUT2D eigenvalue weighted by molar-refractivity contribution is 0.0626. The normalized spacial score (nSPS) is 28.3. The highest BCUT2D eigenvalue weighted by Crippen LogP contribution is 2.40. The summed E-state index contributed by atoms with van der Waals surface area (Å²) in [4.78, 5) is 7.98. The fraction of sp³-hybridized carbons (Fsp3) is 0.727. The van der Waals surface area contributed by atoms with Gasteiger partial charge in [0.1, 0.15) is 0 Å². The van der Waals surface area contributed by atoms with E-state index in [1.54, 1.807) is 0 Å². The highest BCUT2D eigenvalue weighted by molar-refractivity contribution is 6.30. The number of hydrogen-bond acceptors (Lipinski definition) is 4. The maximum atomic E-state index is 6.03. The Hall–Kier alpha value is -0.810. The van der Waals surface area contributed by atoms with Crippen molar-refractivity contribution in [1.29, 1.82) is 0 Å². The first-order chi connectivity index (χ1) is 13.2. The van der Waals surface area contributed by atoms with Crippen molar-refractivity contribution in [2.75, 3.05) is 64.4 Å². The summed E-state index contributed by atoms with van der Waals surface area (Å²) in [6.07, 6.45) is 6.72. The van der Waals surface area contributed by atoms with Crippen molar-refractivity contribution in [3.8, 4) is 0 Å². The average Bonchev–Trinajstić information content (AvgIpc) is 3.10. The molecular weight excluding hydrogens is 358 g/mol. The molecule has 5 heteroatoms. The first kappa shape index (κ1) is 19.5. The average molecular weight is 392 g/mol. The first-order valence-electron chi connectivity index (χ1n) is 10.6. The predicted molar refractivity (Wildman–Crippen MR) is 113 cm³/mol. The molecule has 27 heavy (non-hydrogen) atoms. The molecule has 1 aromatic carbocycles. The van der Waals surface area contributed by atoms with Crippen molar-refractivity contribution in [3.05, 3.63) is 29.3 Å². The summed E-state index contributed by atoms with van der Waals surface area (Å²) in [5.41, 5.74) is 1.86. The van der Waals surface area contributed by atoms with Crippen LogP contribution in [0.1, 0.15) is 32.1 Å². The van der Waals surface area contributed by atoms with Gasteiger partial charge in [-0.3, -0.25) is 4.90 Å². The molecule has 3 aliphatic heterocycles. The number of rotatable bonds is 5. The lowest BCUT2D eigenvalue weighted by atomic mass is 9.79. The second kappa shape index (κ2) is 8.69. The van der Waals surface area contributed by atoms with E-state index >= 15 is 0 Å². The molecule has 3 fully saturated rings. The van der Waals surface area contributed by atoms with Crippen LogP contribution < -0.4 is 4.90 Å². The molecule has 0 aliphatic carbocycles. The van der Waals surface area contributed by atoms with Crippen molar-refractivity contribution in [2.45, 2.75) is 38.1 Å². The van der Waals surface area contributed by atoms with Crippen LogP contribution >= 0.6 is 11.6 Å². The van der Waals surface area contributed by atoms with Crippen LogP contribution in [-0.4, -0.2) is 75.4 Å². The quantitative estimate of drug-likeness (QED) is 0.760. The van der Waals surface area contributed by atoms with Crippen molar-refractivity contribution >= 4 is 17.3 Å². The molecule has 3 saturated heterocycles. The van der Waals surface area contributed by atoms with Crippen molar-refractivity contribution in [2.24, 2.45) is 5.41 Å². The second-order valence-corrected chi connectivity index (χ2v) is 9.22. The summed E-state index contributed by atoms with van der Waals surface area (Å²) in [6, 6.07) is 9.09. The van der Waals surface area contributed by atoms with E-state index in [1.807, 2.05) is 19.2 Å². The molecule has 1 atom stereocenters. The number of piperidine rings is 2. The van der Waals surface area contributed by atoms with Crippen LogP contribution in [0, 0.1) is 5.41 Å². The maximum absolute atomic E-state index is 6.03. The standard InChI is InChI=1S/C22H34ClN3O/c1-27-16-15-24-11-2-9-22(17-24)10-14-26(18-22)21-7-12-25(13-8-21)20-5-3-19(23)4-6-20/h3-6,21H,2,7-18H2,1H3. The minimum Gasteiger partial charge on any atom is -0.383 e. The van der Waals surface area contributed by atoms with Crippen LogP contribution in [0.2, 0.25) is 5.02 Å². The number of halogens is 1. The van der Waals surface area contributed by atoms with Gasteiger partial charge < -0.3 is 14.5 Å². The second-order valence-electron chi connectivity index (χ2n) is 8.79. The van der Waals surface area contributed by atoms with Gasteiger partial charge in [0.2, 0.25) is 0 Å². The maximum Gasteiger partial charge on any atom is 0.0589 e. The third kappa shape index (κ3) is 4.61. The van der Waals surface area contributed by atoms with E-state index in [2.05, 4.69) is 26.8 Å². The van der Waals surface area contributed by atoms with E-state index in [9.17, 15) is 0 Å². The van der Waals surface area contributed by atoms with E-state index in [0.29, 0.717) is 5.41 Å². The highest BCUT2D eigenvalue weighted by atomic mass is 35.5. The smallest absolute Gasteiger partial charge is 0.0589 e. The van der Waals surface area contributed by atoms with Gasteiger partial charge in [-0.05, 0) is 74.9 Å². The Bertz CT molecular complexity index is 602. The Balaban J connectivity index is 1.29. The summed E-state index contributed by atoms with van der Waals surface area (Å²) in [5, 5.41) is 0.822. The van der Waals surface area contributed by atoms with E-state index in [4.69, 9.17) is 16.3 Å². The lowest BCUT2D eigenvalue weighted by Crippen LogP contribution is -2.48. The number of anilines is 1. The molecular formula is C22H34ClN3O. The molecule has 0 radical (unpaired) electrons. The van der Waals surface area contributed by atoms with Gasteiger partial charge in [0.05, 0.1) is 6.61 Å². The molecule has 150 valence electrons. The summed E-state index contributed by atoms with van der Waals surface area (Å²) in [5.74, 6) is 0. The molecule has 1 spiro atoms. The molecule has 1 unspecified atom stereocenters. The van der Waals surface area contributed by atoms with Crippen molar-refractivity contribution in [1.82, 2.24) is 9.80 Å². The van der Waals surface area contributed by atoms with Crippen LogP contribution in [0.3, 0.4) is 0 Å². The Morgan fingerprint density at radius 3 is 2.56 bits per heavy atom. The largest absolute Gasteiger partial charge is 0.383 e. The van der Waals surface area contributed by atoms with Crippen molar-refractivity contribution < 1.29 is 4.74 Å². The molecule has 3 aliphatic rings. The van der Waals surface area contributed by atoms with E-state index < -0.39 is 0 Å². The van der Waals surface area contributed by atoms with Crippen molar-refractivity contribution in [3.63, 3.8) is 0 Å². The molecule has 0 bridgehead atoms. The number of benzene rings is 1. The molecule has 1 aromatic rings. The number of likely N-dealkylation sites (tertiary alicyclic amines) is 2. The number of methoxy groups -OCH3 is 1. The van der Waals surface area contributed by atoms with Crippen LogP contribution in [0.5, 0.6) is 0 Å². The monoisotopic (exact) mass is 391 g/mol. The molecule has 0 N–H and O–H groups in total. The van der Waals surface area contributed by atoms with Gasteiger partial charge in [0, 0.05) is 56.6 Å². The van der Waals surface area contributed by atoms with Gasteiger partial charge in [0.25, 0.3) is 0 Å². The van der Waals surface area contributed by atoms with Gasteiger partial charge in [-0.2, -0.15) is 0 Å². The zero-order valence-electron chi connectivity index (χ0n) is 16.7. The predicted octanol–water partition coefficient (Wildman–Crippen LogP) is 3.74. The third-order valence-corrected chi connectivity index (χ3v) is 7.24. The summed E-state index contributed by atoms with van der Waals surface area (Å²) in [6.45, 7) is 9.42. The molecule has 4 rings (SSSR count). The van der Waals surface area contributed by atoms with E-state index in [1.165, 1.54) is 64.0 Å². The minimum atomic E-state index is 0.541. The summed E-state index contributed by atoms with van der Waals surface area (Å²) < 4.78 is 5.30. The van der Waals surface area contributed by atoms with Gasteiger partial charge >= 0.3 is 0 Å². The lowest BCUT2D eigenvalue weighted by Gasteiger charge is -2.42. The number of ether oxygens (including phenoxy) is 1.